The third-order valence-corrected chi connectivity index (χ3v) is 5.01. The highest BCUT2D eigenvalue weighted by Crippen LogP contribution is 2.39. The molecule has 2 aromatic carbocycles. The monoisotopic (exact) mass is 447 g/mol. The highest BCUT2D eigenvalue weighted by atomic mass is 19.4. The summed E-state index contributed by atoms with van der Waals surface area (Å²) in [7, 11) is 0. The van der Waals surface area contributed by atoms with Crippen molar-refractivity contribution < 1.29 is 28.2 Å². The zero-order valence-electron chi connectivity index (χ0n) is 17.9. The number of benzene rings is 2. The molecule has 3 N–H and O–H groups in total. The highest BCUT2D eigenvalue weighted by Gasteiger charge is 2.32. The van der Waals surface area contributed by atoms with Crippen LogP contribution < -0.4 is 5.43 Å². The van der Waals surface area contributed by atoms with E-state index in [-0.39, 0.29) is 42.1 Å². The van der Waals surface area contributed by atoms with Crippen LogP contribution in [0.5, 0.6) is 5.88 Å². The van der Waals surface area contributed by atoms with E-state index in [0.29, 0.717) is 11.1 Å². The third-order valence-electron chi connectivity index (χ3n) is 5.01. The predicted octanol–water partition coefficient (Wildman–Crippen LogP) is 4.58. The molecule has 0 radical (unpaired) electrons. The van der Waals surface area contributed by atoms with E-state index < -0.39 is 17.6 Å². The number of aryl methyl sites for hydroxylation is 2. The zero-order valence-corrected chi connectivity index (χ0v) is 17.9. The lowest BCUT2D eigenvalue weighted by molar-refractivity contribution is -0.137. The largest absolute Gasteiger partial charge is 0.494 e. The molecule has 0 spiro atoms. The predicted molar refractivity (Wildman–Crippen MR) is 116 cm³/mol. The fraction of sp³-hybridized carbons (Fsp3) is 0.304. The van der Waals surface area contributed by atoms with Crippen LogP contribution in [0.4, 0.5) is 13.2 Å². The average molecular weight is 447 g/mol. The summed E-state index contributed by atoms with van der Waals surface area (Å²) in [5.74, 6) is -0.703. The molecule has 6 nitrogen and oxygen atoms in total. The van der Waals surface area contributed by atoms with Gasteiger partial charge in [-0.05, 0) is 62.6 Å². The summed E-state index contributed by atoms with van der Waals surface area (Å²) < 4.78 is 41.5. The minimum absolute atomic E-state index is 0.0680. The molecule has 32 heavy (non-hydrogen) atoms. The molecule has 3 aromatic rings. The first-order valence-electron chi connectivity index (χ1n) is 10.0. The number of aromatic nitrogens is 1. The Bertz CT molecular complexity index is 1180. The van der Waals surface area contributed by atoms with Gasteiger partial charge in [-0.3, -0.25) is 9.36 Å². The molecule has 0 atom stereocenters. The number of rotatable bonds is 6. The van der Waals surface area contributed by atoms with Gasteiger partial charge >= 0.3 is 6.18 Å². The molecule has 0 aliphatic rings. The van der Waals surface area contributed by atoms with Gasteiger partial charge in [-0.15, -0.1) is 0 Å². The van der Waals surface area contributed by atoms with Crippen molar-refractivity contribution in [2.24, 2.45) is 5.10 Å². The van der Waals surface area contributed by atoms with E-state index in [1.165, 1.54) is 10.6 Å². The van der Waals surface area contributed by atoms with Crippen molar-refractivity contribution in [3.63, 3.8) is 0 Å². The molecule has 1 amide bonds. The number of alkyl halides is 3. The number of hydrogen-bond donors (Lipinski definition) is 3. The molecule has 0 bridgehead atoms. The van der Waals surface area contributed by atoms with Crippen molar-refractivity contribution >= 4 is 22.5 Å². The first kappa shape index (κ1) is 23.3. The second-order valence-electron chi connectivity index (χ2n) is 7.67. The van der Waals surface area contributed by atoms with Gasteiger partial charge in [0.25, 0.3) is 0 Å². The van der Waals surface area contributed by atoms with Crippen molar-refractivity contribution in [1.29, 1.82) is 0 Å². The van der Waals surface area contributed by atoms with E-state index in [9.17, 15) is 23.1 Å². The van der Waals surface area contributed by atoms with Gasteiger partial charge in [0.2, 0.25) is 11.8 Å². The van der Waals surface area contributed by atoms with E-state index in [0.717, 1.165) is 23.3 Å². The van der Waals surface area contributed by atoms with Crippen LogP contribution in [0.2, 0.25) is 0 Å². The molecule has 0 saturated carbocycles. The third kappa shape index (κ3) is 4.77. The molecule has 0 saturated heterocycles. The van der Waals surface area contributed by atoms with Crippen LogP contribution >= 0.6 is 0 Å². The average Bonchev–Trinajstić information content (AvgIpc) is 3.00. The Morgan fingerprint density at radius 1 is 1.12 bits per heavy atom. The highest BCUT2D eigenvalue weighted by molar-refractivity contribution is 6.13. The Morgan fingerprint density at radius 3 is 2.38 bits per heavy atom. The van der Waals surface area contributed by atoms with Crippen molar-refractivity contribution in [3.8, 4) is 11.6 Å². The van der Waals surface area contributed by atoms with Gasteiger partial charge in [0.1, 0.15) is 0 Å². The summed E-state index contributed by atoms with van der Waals surface area (Å²) in [5.41, 5.74) is 4.40. The van der Waals surface area contributed by atoms with Crippen molar-refractivity contribution in [2.45, 2.75) is 39.8 Å². The van der Waals surface area contributed by atoms with Crippen LogP contribution in [0.15, 0.2) is 41.5 Å². The molecule has 0 unspecified atom stereocenters. The molecule has 3 rings (SSSR count). The SMILES string of the molecule is C/C(=N/NC(=O)CCCO)c1c(O)n(-c2cc(C)cc(C)c2)c2cc(C(F)(F)F)ccc12. The molecule has 9 heteroatoms. The Morgan fingerprint density at radius 2 is 1.78 bits per heavy atom. The number of halogens is 3. The van der Waals surface area contributed by atoms with Crippen molar-refractivity contribution in [1.82, 2.24) is 9.99 Å². The minimum atomic E-state index is -4.55. The van der Waals surface area contributed by atoms with E-state index in [1.54, 1.807) is 19.1 Å². The Kier molecular flexibility index (Phi) is 6.59. The smallest absolute Gasteiger partial charge is 0.416 e. The Hall–Kier alpha value is -3.33. The fourth-order valence-corrected chi connectivity index (χ4v) is 3.65. The second kappa shape index (κ2) is 9.04. The molecule has 0 fully saturated rings. The van der Waals surface area contributed by atoms with Gasteiger partial charge in [-0.2, -0.15) is 18.3 Å². The lowest BCUT2D eigenvalue weighted by Gasteiger charge is -2.11. The van der Waals surface area contributed by atoms with Crippen LogP contribution in [0.1, 0.15) is 42.0 Å². The van der Waals surface area contributed by atoms with Crippen LogP contribution in [-0.2, 0) is 11.0 Å². The summed E-state index contributed by atoms with van der Waals surface area (Å²) in [6.45, 7) is 5.12. The van der Waals surface area contributed by atoms with E-state index >= 15 is 0 Å². The number of carbonyl (C=O) groups excluding carboxylic acids is 1. The maximum Gasteiger partial charge on any atom is 0.416 e. The number of nitrogens with zero attached hydrogens (tertiary/aromatic N) is 2. The van der Waals surface area contributed by atoms with Gasteiger partial charge in [0.05, 0.1) is 22.4 Å². The number of aromatic hydroxyl groups is 1. The summed E-state index contributed by atoms with van der Waals surface area (Å²) in [4.78, 5) is 11.8. The van der Waals surface area contributed by atoms with Gasteiger partial charge < -0.3 is 10.2 Å². The number of aliphatic hydroxyl groups excluding tert-OH is 1. The van der Waals surface area contributed by atoms with Gasteiger partial charge in [0.15, 0.2) is 0 Å². The number of hydrazone groups is 1. The summed E-state index contributed by atoms with van der Waals surface area (Å²) in [5, 5.41) is 24.3. The Labute approximate surface area is 183 Å². The molecule has 0 aliphatic carbocycles. The van der Waals surface area contributed by atoms with Crippen molar-refractivity contribution in [2.75, 3.05) is 6.61 Å². The minimum Gasteiger partial charge on any atom is -0.494 e. The topological polar surface area (TPSA) is 86.8 Å². The molecule has 1 heterocycles. The van der Waals surface area contributed by atoms with Crippen LogP contribution in [0.3, 0.4) is 0 Å². The lowest BCUT2D eigenvalue weighted by atomic mass is 10.1. The summed E-state index contributed by atoms with van der Waals surface area (Å²) in [6.07, 6.45) is -4.21. The second-order valence-corrected chi connectivity index (χ2v) is 7.67. The molecule has 1 aromatic heterocycles. The lowest BCUT2D eigenvalue weighted by Crippen LogP contribution is -2.19. The molecule has 0 aliphatic heterocycles. The van der Waals surface area contributed by atoms with E-state index in [4.69, 9.17) is 5.11 Å². The number of carbonyl (C=O) groups is 1. The number of fused-ring (bicyclic) bond motifs is 1. The maximum absolute atomic E-state index is 13.4. The molecular weight excluding hydrogens is 423 g/mol. The molecule has 170 valence electrons. The molecular formula is C23H24F3N3O3. The number of hydrogen-bond acceptors (Lipinski definition) is 4. The fourth-order valence-electron chi connectivity index (χ4n) is 3.65. The van der Waals surface area contributed by atoms with E-state index in [1.807, 2.05) is 19.9 Å². The van der Waals surface area contributed by atoms with Crippen LogP contribution in [0.25, 0.3) is 16.6 Å². The quantitative estimate of drug-likeness (QED) is 0.382. The number of aliphatic hydroxyl groups is 1. The van der Waals surface area contributed by atoms with Crippen molar-refractivity contribution in [3.05, 3.63) is 58.7 Å². The first-order chi connectivity index (χ1) is 15.0. The van der Waals surface area contributed by atoms with Gasteiger partial charge in [-0.25, -0.2) is 5.43 Å². The maximum atomic E-state index is 13.4. The van der Waals surface area contributed by atoms with Gasteiger partial charge in [0, 0.05) is 24.1 Å². The summed E-state index contributed by atoms with van der Waals surface area (Å²) >= 11 is 0. The van der Waals surface area contributed by atoms with Crippen LogP contribution in [-0.4, -0.2) is 33.0 Å². The van der Waals surface area contributed by atoms with Crippen LogP contribution in [0, 0.1) is 13.8 Å². The summed E-state index contributed by atoms with van der Waals surface area (Å²) in [6, 6.07) is 8.67. The standard InChI is InChI=1S/C23H24F3N3O3/c1-13-9-14(2)11-17(10-13)29-19-12-16(23(24,25)26)6-7-18(19)21(22(29)32)15(3)27-28-20(31)5-4-8-30/h6-7,9-12,30,32H,4-5,8H2,1-3H3,(H,28,31)/b27-15-. The first-order valence-corrected chi connectivity index (χ1v) is 10.0. The number of amides is 1. The zero-order chi connectivity index (χ0) is 23.6. The van der Waals surface area contributed by atoms with Gasteiger partial charge in [-0.1, -0.05) is 12.1 Å². The van der Waals surface area contributed by atoms with E-state index in [2.05, 4.69) is 10.5 Å². The number of nitrogens with one attached hydrogen (secondary N) is 1. The Balaban J connectivity index is 2.21. The normalized spacial score (nSPS) is 12.4.